The van der Waals surface area contributed by atoms with Crippen molar-refractivity contribution in [2.24, 2.45) is 5.73 Å². The first-order valence-electron chi connectivity index (χ1n) is 8.91. The number of alkyl halides is 3. The third-order valence-corrected chi connectivity index (χ3v) is 5.05. The maximum absolute atomic E-state index is 13.5. The first kappa shape index (κ1) is 19.0. The van der Waals surface area contributed by atoms with Crippen LogP contribution in [-0.2, 0) is 19.3 Å². The SMILES string of the molecule is NC(=O)c1cccc2c1c1ccc(CO)cc1n2Cc1ccccc1C(F)(F)F. The van der Waals surface area contributed by atoms with E-state index in [0.29, 0.717) is 32.9 Å². The molecule has 0 spiro atoms. The van der Waals surface area contributed by atoms with Gasteiger partial charge in [0.05, 0.1) is 17.7 Å². The Hall–Kier alpha value is -3.32. The number of aromatic nitrogens is 1. The van der Waals surface area contributed by atoms with Crippen LogP contribution >= 0.6 is 0 Å². The maximum Gasteiger partial charge on any atom is 0.416 e. The first-order valence-corrected chi connectivity index (χ1v) is 8.91. The highest BCUT2D eigenvalue weighted by Gasteiger charge is 2.33. The number of carbonyl (C=O) groups is 1. The van der Waals surface area contributed by atoms with E-state index in [0.717, 1.165) is 6.07 Å². The molecule has 0 unspecified atom stereocenters. The second-order valence-corrected chi connectivity index (χ2v) is 6.81. The zero-order valence-electron chi connectivity index (χ0n) is 15.2. The number of primary amides is 1. The number of carbonyl (C=O) groups excluding carboxylic acids is 1. The summed E-state index contributed by atoms with van der Waals surface area (Å²) in [4.78, 5) is 12.0. The lowest BCUT2D eigenvalue weighted by molar-refractivity contribution is -0.138. The number of hydrogen-bond donors (Lipinski definition) is 2. The van der Waals surface area contributed by atoms with Crippen molar-refractivity contribution in [2.45, 2.75) is 19.3 Å². The van der Waals surface area contributed by atoms with Crippen LogP contribution in [0.1, 0.15) is 27.0 Å². The molecule has 0 saturated carbocycles. The van der Waals surface area contributed by atoms with Gasteiger partial charge in [-0.25, -0.2) is 0 Å². The summed E-state index contributed by atoms with van der Waals surface area (Å²) in [6.07, 6.45) is -4.48. The molecule has 0 radical (unpaired) electrons. The van der Waals surface area contributed by atoms with Crippen LogP contribution in [-0.4, -0.2) is 15.6 Å². The Morgan fingerprint density at radius 1 is 1.00 bits per heavy atom. The van der Waals surface area contributed by atoms with Gasteiger partial charge in [0, 0.05) is 28.4 Å². The molecule has 3 N–H and O–H groups in total. The largest absolute Gasteiger partial charge is 0.416 e. The molecule has 4 rings (SSSR count). The summed E-state index contributed by atoms with van der Waals surface area (Å²) in [5, 5.41) is 10.8. The van der Waals surface area contributed by atoms with Crippen LogP contribution in [0.5, 0.6) is 0 Å². The van der Waals surface area contributed by atoms with E-state index in [2.05, 4.69) is 0 Å². The number of nitrogens with zero attached hydrogens (tertiary/aromatic N) is 1. The molecule has 0 aliphatic heterocycles. The molecule has 4 nitrogen and oxygen atoms in total. The summed E-state index contributed by atoms with van der Waals surface area (Å²) in [7, 11) is 0. The van der Waals surface area contributed by atoms with Crippen LogP contribution in [0.25, 0.3) is 21.8 Å². The molecule has 3 aromatic carbocycles. The van der Waals surface area contributed by atoms with Gasteiger partial charge in [-0.2, -0.15) is 13.2 Å². The average molecular weight is 398 g/mol. The molecule has 4 aromatic rings. The molecule has 1 heterocycles. The van der Waals surface area contributed by atoms with Crippen molar-refractivity contribution in [1.82, 2.24) is 4.57 Å². The first-order chi connectivity index (χ1) is 13.8. The molecular formula is C22H17F3N2O2. The number of aliphatic hydroxyl groups excluding tert-OH is 1. The number of halogens is 3. The number of aliphatic hydroxyl groups is 1. The molecule has 0 bridgehead atoms. The van der Waals surface area contributed by atoms with Crippen LogP contribution < -0.4 is 5.73 Å². The summed E-state index contributed by atoms with van der Waals surface area (Å²) in [5.41, 5.74) is 7.07. The van der Waals surface area contributed by atoms with Gasteiger partial charge in [-0.05, 0) is 35.4 Å². The van der Waals surface area contributed by atoms with Crippen molar-refractivity contribution < 1.29 is 23.1 Å². The lowest BCUT2D eigenvalue weighted by Gasteiger charge is -2.15. The van der Waals surface area contributed by atoms with Gasteiger partial charge in [0.1, 0.15) is 0 Å². The normalized spacial score (nSPS) is 12.0. The highest BCUT2D eigenvalue weighted by Crippen LogP contribution is 2.36. The van der Waals surface area contributed by atoms with Gasteiger partial charge in [-0.1, -0.05) is 36.4 Å². The lowest BCUT2D eigenvalue weighted by atomic mass is 10.0. The summed E-state index contributed by atoms with van der Waals surface area (Å²) in [6.45, 7) is -0.258. The van der Waals surface area contributed by atoms with E-state index < -0.39 is 17.6 Å². The van der Waals surface area contributed by atoms with Crippen LogP contribution in [0.2, 0.25) is 0 Å². The number of benzene rings is 3. The van der Waals surface area contributed by atoms with Gasteiger partial charge in [0.15, 0.2) is 0 Å². The third kappa shape index (κ3) is 3.23. The zero-order chi connectivity index (χ0) is 20.8. The predicted molar refractivity (Wildman–Crippen MR) is 104 cm³/mol. The minimum atomic E-state index is -4.48. The molecule has 0 saturated heterocycles. The Morgan fingerprint density at radius 2 is 1.76 bits per heavy atom. The van der Waals surface area contributed by atoms with E-state index in [1.54, 1.807) is 47.0 Å². The number of fused-ring (bicyclic) bond motifs is 3. The van der Waals surface area contributed by atoms with Crippen molar-refractivity contribution in [3.8, 4) is 0 Å². The van der Waals surface area contributed by atoms with Crippen molar-refractivity contribution in [3.63, 3.8) is 0 Å². The van der Waals surface area contributed by atoms with Crippen LogP contribution in [0.4, 0.5) is 13.2 Å². The third-order valence-electron chi connectivity index (χ3n) is 5.05. The van der Waals surface area contributed by atoms with Crippen molar-refractivity contribution >= 4 is 27.7 Å². The molecule has 0 fully saturated rings. The molecule has 1 aromatic heterocycles. The van der Waals surface area contributed by atoms with E-state index in [1.807, 2.05) is 0 Å². The Balaban J connectivity index is 2.04. The van der Waals surface area contributed by atoms with Gasteiger partial charge < -0.3 is 15.4 Å². The molecule has 7 heteroatoms. The lowest BCUT2D eigenvalue weighted by Crippen LogP contribution is -2.12. The summed E-state index contributed by atoms with van der Waals surface area (Å²) in [6, 6.07) is 15.6. The van der Waals surface area contributed by atoms with Crippen LogP contribution in [0, 0.1) is 0 Å². The predicted octanol–water partition coefficient (Wildman–Crippen LogP) is 4.45. The van der Waals surface area contributed by atoms with Crippen molar-refractivity contribution in [2.75, 3.05) is 0 Å². The second-order valence-electron chi connectivity index (χ2n) is 6.81. The van der Waals surface area contributed by atoms with E-state index in [1.165, 1.54) is 12.1 Å². The quantitative estimate of drug-likeness (QED) is 0.533. The van der Waals surface area contributed by atoms with Crippen LogP contribution in [0.3, 0.4) is 0 Å². The topological polar surface area (TPSA) is 68.2 Å². The number of nitrogens with two attached hydrogens (primary N) is 1. The number of amides is 1. The van der Waals surface area contributed by atoms with E-state index >= 15 is 0 Å². The molecule has 148 valence electrons. The Kier molecular flexibility index (Phi) is 4.55. The van der Waals surface area contributed by atoms with E-state index in [4.69, 9.17) is 5.73 Å². The standard InChI is InChI=1S/C22H17F3N2O2/c23-22(24,25)17-6-2-1-4-14(17)11-27-18-7-3-5-16(21(26)29)20(18)15-9-8-13(12-28)10-19(15)27/h1-10,28H,11-12H2,(H2,26,29). The fraction of sp³-hybridized carbons (Fsp3) is 0.136. The molecule has 29 heavy (non-hydrogen) atoms. The molecule has 0 atom stereocenters. The van der Waals surface area contributed by atoms with Crippen molar-refractivity contribution in [1.29, 1.82) is 0 Å². The van der Waals surface area contributed by atoms with E-state index in [9.17, 15) is 23.1 Å². The summed E-state index contributed by atoms with van der Waals surface area (Å²) < 4.78 is 42.2. The molecule has 0 aliphatic carbocycles. The summed E-state index contributed by atoms with van der Waals surface area (Å²) in [5.74, 6) is -0.614. The van der Waals surface area contributed by atoms with Gasteiger partial charge >= 0.3 is 6.18 Å². The fourth-order valence-electron chi connectivity index (χ4n) is 3.77. The minimum absolute atomic E-state index is 0.0488. The average Bonchev–Trinajstić information content (AvgIpc) is 3.00. The highest BCUT2D eigenvalue weighted by atomic mass is 19.4. The minimum Gasteiger partial charge on any atom is -0.392 e. The van der Waals surface area contributed by atoms with Crippen LogP contribution in [0.15, 0.2) is 60.7 Å². The van der Waals surface area contributed by atoms with Gasteiger partial charge in [-0.15, -0.1) is 0 Å². The summed E-state index contributed by atoms with van der Waals surface area (Å²) >= 11 is 0. The second kappa shape index (κ2) is 6.93. The monoisotopic (exact) mass is 398 g/mol. The van der Waals surface area contributed by atoms with Gasteiger partial charge in [-0.3, -0.25) is 4.79 Å². The zero-order valence-corrected chi connectivity index (χ0v) is 15.2. The molecule has 1 amide bonds. The Morgan fingerprint density at radius 3 is 2.45 bits per heavy atom. The van der Waals surface area contributed by atoms with Gasteiger partial charge in [0.2, 0.25) is 5.91 Å². The Bertz CT molecular complexity index is 1240. The highest BCUT2D eigenvalue weighted by molar-refractivity contribution is 6.18. The maximum atomic E-state index is 13.5. The number of hydrogen-bond acceptors (Lipinski definition) is 2. The Labute approximate surface area is 164 Å². The fourth-order valence-corrected chi connectivity index (χ4v) is 3.77. The van der Waals surface area contributed by atoms with Crippen molar-refractivity contribution in [3.05, 3.63) is 82.9 Å². The number of rotatable bonds is 4. The van der Waals surface area contributed by atoms with Gasteiger partial charge in [0.25, 0.3) is 0 Å². The smallest absolute Gasteiger partial charge is 0.392 e. The molecular weight excluding hydrogens is 381 g/mol. The van der Waals surface area contributed by atoms with E-state index in [-0.39, 0.29) is 18.7 Å². The molecule has 0 aliphatic rings.